The minimum atomic E-state index is 0.786. The summed E-state index contributed by atoms with van der Waals surface area (Å²) in [6.45, 7) is 4.06. The molecule has 3 aromatic rings. The molecule has 0 bridgehead atoms. The van der Waals surface area contributed by atoms with Crippen LogP contribution in [-0.4, -0.2) is 10.7 Å². The van der Waals surface area contributed by atoms with E-state index in [4.69, 9.17) is 0 Å². The fraction of sp³-hybridized carbons (Fsp3) is 0.111. The highest BCUT2D eigenvalue weighted by atomic mass is 79.9. The van der Waals surface area contributed by atoms with Crippen LogP contribution in [0.25, 0.3) is 11.3 Å². The van der Waals surface area contributed by atoms with Gasteiger partial charge in [0.1, 0.15) is 0 Å². The van der Waals surface area contributed by atoms with Gasteiger partial charge < -0.3 is 0 Å². The van der Waals surface area contributed by atoms with E-state index in [1.165, 1.54) is 5.56 Å². The van der Waals surface area contributed by atoms with E-state index in [1.54, 1.807) is 11.3 Å². The number of hydrazone groups is 1. The average Bonchev–Trinajstić information content (AvgIpc) is 3.03. The Labute approximate surface area is 148 Å². The Balaban J connectivity index is 1.72. The second-order valence-corrected chi connectivity index (χ2v) is 6.99. The molecule has 1 aromatic heterocycles. The summed E-state index contributed by atoms with van der Waals surface area (Å²) in [6, 6.07) is 16.4. The van der Waals surface area contributed by atoms with E-state index in [0.717, 1.165) is 32.1 Å². The zero-order valence-electron chi connectivity index (χ0n) is 12.9. The first-order valence-corrected chi connectivity index (χ1v) is 8.88. The fourth-order valence-corrected chi connectivity index (χ4v) is 3.00. The molecule has 0 aliphatic heterocycles. The monoisotopic (exact) mass is 385 g/mol. The lowest BCUT2D eigenvalue weighted by molar-refractivity contribution is 1.27. The Morgan fingerprint density at radius 3 is 2.48 bits per heavy atom. The number of benzene rings is 2. The Morgan fingerprint density at radius 1 is 1.09 bits per heavy atom. The number of thiazole rings is 1. The van der Waals surface area contributed by atoms with E-state index in [0.29, 0.717) is 0 Å². The molecular weight excluding hydrogens is 370 g/mol. The molecule has 0 fully saturated rings. The van der Waals surface area contributed by atoms with Crippen LogP contribution in [0.4, 0.5) is 5.13 Å². The van der Waals surface area contributed by atoms with Crippen LogP contribution in [0.15, 0.2) is 63.5 Å². The highest BCUT2D eigenvalue weighted by Gasteiger charge is 2.04. The molecule has 0 radical (unpaired) electrons. The van der Waals surface area contributed by atoms with E-state index >= 15 is 0 Å². The van der Waals surface area contributed by atoms with Crippen molar-refractivity contribution in [2.24, 2.45) is 5.10 Å². The van der Waals surface area contributed by atoms with Crippen molar-refractivity contribution >= 4 is 38.1 Å². The summed E-state index contributed by atoms with van der Waals surface area (Å²) in [5, 5.41) is 7.24. The van der Waals surface area contributed by atoms with Gasteiger partial charge in [0.2, 0.25) is 5.13 Å². The van der Waals surface area contributed by atoms with Crippen LogP contribution in [0.3, 0.4) is 0 Å². The summed E-state index contributed by atoms with van der Waals surface area (Å²) in [5.74, 6) is 0. The van der Waals surface area contributed by atoms with Gasteiger partial charge in [-0.1, -0.05) is 57.9 Å². The smallest absolute Gasteiger partial charge is 0.203 e. The third-order valence-corrected chi connectivity index (χ3v) is 4.71. The highest BCUT2D eigenvalue weighted by molar-refractivity contribution is 9.10. The molecule has 0 aliphatic rings. The lowest BCUT2D eigenvalue weighted by Crippen LogP contribution is -1.99. The van der Waals surface area contributed by atoms with Gasteiger partial charge in [-0.25, -0.2) is 4.98 Å². The molecule has 0 aliphatic carbocycles. The fourth-order valence-electron chi connectivity index (χ4n) is 2.07. The first-order chi connectivity index (χ1) is 11.1. The summed E-state index contributed by atoms with van der Waals surface area (Å²) in [5.41, 5.74) is 8.38. The van der Waals surface area contributed by atoms with Crippen LogP contribution in [0.5, 0.6) is 0 Å². The molecule has 5 heteroatoms. The van der Waals surface area contributed by atoms with Crippen LogP contribution < -0.4 is 5.43 Å². The van der Waals surface area contributed by atoms with E-state index in [1.807, 2.05) is 36.6 Å². The second-order valence-electron chi connectivity index (χ2n) is 5.22. The van der Waals surface area contributed by atoms with E-state index in [9.17, 15) is 0 Å². The molecule has 2 aromatic carbocycles. The third kappa shape index (κ3) is 4.06. The van der Waals surface area contributed by atoms with Crippen molar-refractivity contribution in [1.29, 1.82) is 0 Å². The van der Waals surface area contributed by atoms with Crippen molar-refractivity contribution in [2.75, 3.05) is 5.43 Å². The lowest BCUT2D eigenvalue weighted by atomic mass is 10.1. The van der Waals surface area contributed by atoms with Crippen LogP contribution in [0.2, 0.25) is 0 Å². The lowest BCUT2D eigenvalue weighted by Gasteiger charge is -2.02. The number of anilines is 1. The maximum absolute atomic E-state index is 4.57. The first-order valence-electron chi connectivity index (χ1n) is 7.20. The summed E-state index contributed by atoms with van der Waals surface area (Å²) in [6.07, 6.45) is 0. The predicted octanol–water partition coefficient (Wildman–Crippen LogP) is 5.72. The normalized spacial score (nSPS) is 11.5. The number of hydrogen-bond donors (Lipinski definition) is 1. The number of halogens is 1. The van der Waals surface area contributed by atoms with Gasteiger partial charge >= 0.3 is 0 Å². The molecule has 23 heavy (non-hydrogen) atoms. The second kappa shape index (κ2) is 7.06. The Hall–Kier alpha value is -1.98. The number of hydrogen-bond acceptors (Lipinski definition) is 4. The molecule has 3 nitrogen and oxygen atoms in total. The van der Waals surface area contributed by atoms with Crippen molar-refractivity contribution in [3.8, 4) is 11.3 Å². The van der Waals surface area contributed by atoms with Crippen LogP contribution in [-0.2, 0) is 0 Å². The van der Waals surface area contributed by atoms with Crippen LogP contribution in [0, 0.1) is 6.92 Å². The van der Waals surface area contributed by atoms with Gasteiger partial charge in [0, 0.05) is 15.4 Å². The van der Waals surface area contributed by atoms with Gasteiger partial charge in [-0.3, -0.25) is 5.43 Å². The summed E-state index contributed by atoms with van der Waals surface area (Å²) in [7, 11) is 0. The number of nitrogens with one attached hydrogen (secondary N) is 1. The van der Waals surface area contributed by atoms with Crippen LogP contribution >= 0.6 is 27.3 Å². The first kappa shape index (κ1) is 15.9. The van der Waals surface area contributed by atoms with Gasteiger partial charge in [0.05, 0.1) is 11.4 Å². The van der Waals surface area contributed by atoms with E-state index in [2.05, 4.69) is 62.6 Å². The van der Waals surface area contributed by atoms with Crippen molar-refractivity contribution in [3.63, 3.8) is 0 Å². The molecule has 3 rings (SSSR count). The van der Waals surface area contributed by atoms with Crippen molar-refractivity contribution in [1.82, 2.24) is 4.98 Å². The van der Waals surface area contributed by atoms with Gasteiger partial charge in [0.25, 0.3) is 0 Å². The van der Waals surface area contributed by atoms with Gasteiger partial charge in [-0.05, 0) is 31.5 Å². The predicted molar refractivity (Wildman–Crippen MR) is 102 cm³/mol. The van der Waals surface area contributed by atoms with Gasteiger partial charge in [-0.15, -0.1) is 11.3 Å². The maximum Gasteiger partial charge on any atom is 0.203 e. The topological polar surface area (TPSA) is 37.3 Å². The molecule has 1 heterocycles. The SMILES string of the molecule is C/C(=N/Nc1nc(-c2ccc(Br)cc2)cs1)c1ccc(C)cc1. The zero-order valence-corrected chi connectivity index (χ0v) is 15.3. The number of rotatable bonds is 4. The van der Waals surface area contributed by atoms with Gasteiger partial charge in [-0.2, -0.15) is 5.10 Å². The zero-order chi connectivity index (χ0) is 16.2. The Kier molecular flexibility index (Phi) is 4.88. The highest BCUT2D eigenvalue weighted by Crippen LogP contribution is 2.26. The quantitative estimate of drug-likeness (QED) is 0.460. The van der Waals surface area contributed by atoms with Gasteiger partial charge in [0.15, 0.2) is 0 Å². The molecule has 0 amide bonds. The Morgan fingerprint density at radius 2 is 1.78 bits per heavy atom. The third-order valence-electron chi connectivity index (χ3n) is 3.43. The van der Waals surface area contributed by atoms with E-state index in [-0.39, 0.29) is 0 Å². The molecule has 0 atom stereocenters. The number of nitrogens with zero attached hydrogens (tertiary/aromatic N) is 2. The largest absolute Gasteiger partial charge is 0.252 e. The molecule has 0 unspecified atom stereocenters. The molecule has 0 spiro atoms. The summed E-state index contributed by atoms with van der Waals surface area (Å²) >= 11 is 4.99. The number of aromatic nitrogens is 1. The average molecular weight is 386 g/mol. The minimum absolute atomic E-state index is 0.786. The molecular formula is C18H16BrN3S. The van der Waals surface area contributed by atoms with Crippen LogP contribution in [0.1, 0.15) is 18.1 Å². The van der Waals surface area contributed by atoms with Crippen molar-refractivity contribution < 1.29 is 0 Å². The molecule has 0 saturated heterocycles. The summed E-state index contributed by atoms with van der Waals surface area (Å²) < 4.78 is 1.06. The molecule has 1 N–H and O–H groups in total. The molecule has 0 saturated carbocycles. The molecule has 116 valence electrons. The van der Waals surface area contributed by atoms with E-state index < -0.39 is 0 Å². The maximum atomic E-state index is 4.57. The Bertz CT molecular complexity index is 820. The summed E-state index contributed by atoms with van der Waals surface area (Å²) in [4.78, 5) is 4.57. The van der Waals surface area contributed by atoms with Crippen molar-refractivity contribution in [2.45, 2.75) is 13.8 Å². The van der Waals surface area contributed by atoms with Crippen molar-refractivity contribution in [3.05, 3.63) is 69.5 Å². The number of aryl methyl sites for hydroxylation is 1. The standard InChI is InChI=1S/C18H16BrN3S/c1-12-3-5-14(6-4-12)13(2)21-22-18-20-17(11-23-18)15-7-9-16(19)10-8-15/h3-11H,1-2H3,(H,20,22)/b21-13-. The minimum Gasteiger partial charge on any atom is -0.252 e.